The van der Waals surface area contributed by atoms with Crippen molar-refractivity contribution in [2.45, 2.75) is 12.1 Å². The van der Waals surface area contributed by atoms with Crippen molar-refractivity contribution in [1.29, 1.82) is 0 Å². The number of anilines is 1. The molecule has 0 saturated heterocycles. The van der Waals surface area contributed by atoms with Gasteiger partial charge in [0, 0.05) is 24.3 Å². The van der Waals surface area contributed by atoms with Gasteiger partial charge >= 0.3 is 0 Å². The van der Waals surface area contributed by atoms with Crippen molar-refractivity contribution >= 4 is 5.69 Å². The van der Waals surface area contributed by atoms with Crippen LogP contribution in [0.1, 0.15) is 11.6 Å². The van der Waals surface area contributed by atoms with Crippen molar-refractivity contribution in [1.82, 2.24) is 0 Å². The summed E-state index contributed by atoms with van der Waals surface area (Å²) in [5.41, 5.74) is 14.0. The number of benzene rings is 1. The zero-order valence-corrected chi connectivity index (χ0v) is 6.83. The smallest absolute Gasteiger partial charge is 0.0486 e. The molecule has 0 aromatic heterocycles. The van der Waals surface area contributed by atoms with E-state index in [4.69, 9.17) is 11.5 Å². The van der Waals surface area contributed by atoms with E-state index in [9.17, 15) is 0 Å². The maximum Gasteiger partial charge on any atom is 0.0486 e. The van der Waals surface area contributed by atoms with Crippen molar-refractivity contribution in [2.24, 2.45) is 11.5 Å². The Morgan fingerprint density at radius 1 is 1.25 bits per heavy atom. The van der Waals surface area contributed by atoms with E-state index in [1.54, 1.807) is 0 Å². The van der Waals surface area contributed by atoms with Gasteiger partial charge in [-0.1, -0.05) is 18.2 Å². The molecule has 1 aromatic carbocycles. The van der Waals surface area contributed by atoms with Crippen molar-refractivity contribution in [3.05, 3.63) is 29.8 Å². The largest absolute Gasteiger partial charge is 0.383 e. The predicted molar refractivity (Wildman–Crippen MR) is 49.8 cm³/mol. The molecule has 2 rings (SSSR count). The Kier molecular flexibility index (Phi) is 1.75. The molecule has 0 aliphatic carbocycles. The van der Waals surface area contributed by atoms with Crippen LogP contribution < -0.4 is 16.8 Å². The summed E-state index contributed by atoms with van der Waals surface area (Å²) in [6.45, 7) is 0.762. The predicted octanol–water partition coefficient (Wildman–Crippen LogP) is 0.439. The Balaban J connectivity index is 2.42. The number of nitrogens with two attached hydrogens (primary N) is 2. The minimum Gasteiger partial charge on any atom is -0.383 e. The van der Waals surface area contributed by atoms with Gasteiger partial charge in [0.05, 0.1) is 0 Å². The van der Waals surface area contributed by atoms with E-state index in [0.717, 1.165) is 17.8 Å². The van der Waals surface area contributed by atoms with Gasteiger partial charge in [-0.25, -0.2) is 0 Å². The topological polar surface area (TPSA) is 64.1 Å². The third-order valence-electron chi connectivity index (χ3n) is 2.31. The maximum absolute atomic E-state index is 5.92. The number of hydrogen-bond donors (Lipinski definition) is 3. The lowest BCUT2D eigenvalue weighted by Crippen LogP contribution is -2.43. The van der Waals surface area contributed by atoms with Crippen LogP contribution in [0.25, 0.3) is 0 Å². The first-order chi connectivity index (χ1) is 5.79. The Bertz CT molecular complexity index is 285. The Labute approximate surface area is 71.8 Å². The fourth-order valence-corrected chi connectivity index (χ4v) is 1.53. The van der Waals surface area contributed by atoms with Crippen LogP contribution >= 0.6 is 0 Å². The van der Waals surface area contributed by atoms with Crippen LogP contribution in [0.3, 0.4) is 0 Å². The van der Waals surface area contributed by atoms with E-state index < -0.39 is 0 Å². The average molecular weight is 163 g/mol. The molecule has 12 heavy (non-hydrogen) atoms. The molecule has 0 spiro atoms. The first kappa shape index (κ1) is 7.58. The summed E-state index contributed by atoms with van der Waals surface area (Å²) in [4.78, 5) is 0. The molecule has 1 aliphatic rings. The standard InChI is InChI=1S/C9H13N3/c10-7-5-12-8-4-2-1-3-6(8)9(7)11/h1-4,7,9,12H,5,10-11H2. The van der Waals surface area contributed by atoms with E-state index in [1.165, 1.54) is 0 Å². The first-order valence-electron chi connectivity index (χ1n) is 4.13. The first-order valence-corrected chi connectivity index (χ1v) is 4.13. The normalized spacial score (nSPS) is 27.5. The fourth-order valence-electron chi connectivity index (χ4n) is 1.53. The van der Waals surface area contributed by atoms with Gasteiger partial charge < -0.3 is 16.8 Å². The van der Waals surface area contributed by atoms with E-state index in [-0.39, 0.29) is 12.1 Å². The molecule has 1 aromatic rings. The molecule has 2 atom stereocenters. The molecule has 0 amide bonds. The van der Waals surface area contributed by atoms with E-state index in [1.807, 2.05) is 24.3 Å². The Morgan fingerprint density at radius 3 is 2.83 bits per heavy atom. The molecule has 0 radical (unpaired) electrons. The van der Waals surface area contributed by atoms with E-state index in [2.05, 4.69) is 5.32 Å². The fraction of sp³-hybridized carbons (Fsp3) is 0.333. The summed E-state index contributed by atoms with van der Waals surface area (Å²) in [5.74, 6) is 0. The van der Waals surface area contributed by atoms with Crippen LogP contribution in [-0.2, 0) is 0 Å². The molecule has 1 aliphatic heterocycles. The summed E-state index contributed by atoms with van der Waals surface area (Å²) in [6.07, 6.45) is 0. The molecule has 64 valence electrons. The number of hydrogen-bond acceptors (Lipinski definition) is 3. The molecule has 5 N–H and O–H groups in total. The highest BCUT2D eigenvalue weighted by atomic mass is 15.0. The molecule has 0 bridgehead atoms. The summed E-state index contributed by atoms with van der Waals surface area (Å²) in [6, 6.07) is 8.03. The lowest BCUT2D eigenvalue weighted by Gasteiger charge is -2.29. The van der Waals surface area contributed by atoms with Gasteiger partial charge in [0.2, 0.25) is 0 Å². The molecule has 2 unspecified atom stereocenters. The van der Waals surface area contributed by atoms with Crippen molar-refractivity contribution in [3.63, 3.8) is 0 Å². The maximum atomic E-state index is 5.92. The van der Waals surface area contributed by atoms with Gasteiger partial charge in [0.25, 0.3) is 0 Å². The zero-order valence-electron chi connectivity index (χ0n) is 6.83. The lowest BCUT2D eigenvalue weighted by atomic mass is 9.95. The van der Waals surface area contributed by atoms with Crippen molar-refractivity contribution in [3.8, 4) is 0 Å². The van der Waals surface area contributed by atoms with Crippen LogP contribution in [0.2, 0.25) is 0 Å². The second-order valence-corrected chi connectivity index (χ2v) is 3.16. The molecule has 3 nitrogen and oxygen atoms in total. The van der Waals surface area contributed by atoms with E-state index >= 15 is 0 Å². The van der Waals surface area contributed by atoms with Crippen molar-refractivity contribution < 1.29 is 0 Å². The second-order valence-electron chi connectivity index (χ2n) is 3.16. The van der Waals surface area contributed by atoms with Crippen LogP contribution in [0.4, 0.5) is 5.69 Å². The summed E-state index contributed by atoms with van der Waals surface area (Å²) in [5, 5.41) is 3.24. The quantitative estimate of drug-likeness (QED) is 0.520. The Hall–Kier alpha value is -1.06. The summed E-state index contributed by atoms with van der Waals surface area (Å²) in [7, 11) is 0. The summed E-state index contributed by atoms with van der Waals surface area (Å²) < 4.78 is 0. The molecular formula is C9H13N3. The van der Waals surface area contributed by atoms with Crippen LogP contribution in [0, 0.1) is 0 Å². The van der Waals surface area contributed by atoms with E-state index in [0.29, 0.717) is 0 Å². The average Bonchev–Trinajstić information content (AvgIpc) is 2.12. The van der Waals surface area contributed by atoms with Gasteiger partial charge in [0.1, 0.15) is 0 Å². The Morgan fingerprint density at radius 2 is 2.00 bits per heavy atom. The molecule has 3 heteroatoms. The molecule has 0 saturated carbocycles. The molecule has 1 heterocycles. The van der Waals surface area contributed by atoms with Crippen LogP contribution in [-0.4, -0.2) is 12.6 Å². The van der Waals surface area contributed by atoms with Crippen LogP contribution in [0.5, 0.6) is 0 Å². The van der Waals surface area contributed by atoms with Gasteiger partial charge in [-0.15, -0.1) is 0 Å². The third-order valence-corrected chi connectivity index (χ3v) is 2.31. The molecular weight excluding hydrogens is 150 g/mol. The number of fused-ring (bicyclic) bond motifs is 1. The number of para-hydroxylation sites is 1. The molecule has 0 fully saturated rings. The number of rotatable bonds is 0. The lowest BCUT2D eigenvalue weighted by molar-refractivity contribution is 0.552. The van der Waals surface area contributed by atoms with Crippen LogP contribution in [0.15, 0.2) is 24.3 Å². The minimum absolute atomic E-state index is 0.0255. The van der Waals surface area contributed by atoms with Gasteiger partial charge in [-0.05, 0) is 11.6 Å². The minimum atomic E-state index is -0.0255. The highest BCUT2D eigenvalue weighted by Gasteiger charge is 2.22. The highest BCUT2D eigenvalue weighted by Crippen LogP contribution is 2.26. The van der Waals surface area contributed by atoms with Crippen molar-refractivity contribution in [2.75, 3.05) is 11.9 Å². The van der Waals surface area contributed by atoms with Gasteiger partial charge in [-0.2, -0.15) is 0 Å². The summed E-state index contributed by atoms with van der Waals surface area (Å²) >= 11 is 0. The third kappa shape index (κ3) is 1.07. The van der Waals surface area contributed by atoms with Gasteiger partial charge in [0.15, 0.2) is 0 Å². The highest BCUT2D eigenvalue weighted by molar-refractivity contribution is 5.55. The van der Waals surface area contributed by atoms with Gasteiger partial charge in [-0.3, -0.25) is 0 Å². The monoisotopic (exact) mass is 163 g/mol. The zero-order chi connectivity index (χ0) is 8.55. The second kappa shape index (κ2) is 2.77. The SMILES string of the molecule is NC1CNc2ccccc2C1N. The number of nitrogens with one attached hydrogen (secondary N) is 1.